The Morgan fingerprint density at radius 3 is 2.56 bits per heavy atom. The molecule has 0 spiro atoms. The van der Waals surface area contributed by atoms with Crippen molar-refractivity contribution < 1.29 is 0 Å². The minimum absolute atomic E-state index is 0.0781. The van der Waals surface area contributed by atoms with Gasteiger partial charge in [-0.1, -0.05) is 54.1 Å². The first-order valence-corrected chi connectivity index (χ1v) is 11.7. The maximum absolute atomic E-state index is 13.4. The largest absolute Gasteiger partial charge is 0.282 e. The Morgan fingerprint density at radius 2 is 1.81 bits per heavy atom. The van der Waals surface area contributed by atoms with E-state index in [2.05, 4.69) is 4.90 Å². The number of para-hydroxylation sites is 1. The van der Waals surface area contributed by atoms with Crippen molar-refractivity contribution in [3.8, 4) is 0 Å². The zero-order chi connectivity index (χ0) is 22.2. The molecule has 2 aromatic carbocycles. The van der Waals surface area contributed by atoms with Crippen molar-refractivity contribution in [2.24, 2.45) is 0 Å². The van der Waals surface area contributed by atoms with Crippen molar-refractivity contribution in [1.29, 1.82) is 0 Å². The molecule has 5 rings (SSSR count). The van der Waals surface area contributed by atoms with Crippen molar-refractivity contribution in [1.82, 2.24) is 23.6 Å². The molecular formula is C23H20ClN5OS2. The Labute approximate surface area is 198 Å². The third-order valence-electron chi connectivity index (χ3n) is 5.30. The SMILES string of the molecule is CN(Cc1ccc(Cl)s1)Cn1nc2n(Cc3ccccc3)c(=O)c3ccccc3n2c1=S. The van der Waals surface area contributed by atoms with Gasteiger partial charge in [0, 0.05) is 11.4 Å². The zero-order valence-electron chi connectivity index (χ0n) is 17.3. The van der Waals surface area contributed by atoms with Crippen LogP contribution in [0.2, 0.25) is 4.34 Å². The van der Waals surface area contributed by atoms with Crippen LogP contribution in [0.5, 0.6) is 0 Å². The molecule has 6 nitrogen and oxygen atoms in total. The maximum Gasteiger partial charge on any atom is 0.263 e. The highest BCUT2D eigenvalue weighted by Gasteiger charge is 2.17. The normalized spacial score (nSPS) is 11.7. The van der Waals surface area contributed by atoms with Gasteiger partial charge in [0.2, 0.25) is 10.5 Å². The van der Waals surface area contributed by atoms with Crippen LogP contribution in [0.15, 0.2) is 71.5 Å². The Morgan fingerprint density at radius 1 is 1.06 bits per heavy atom. The van der Waals surface area contributed by atoms with E-state index in [1.54, 1.807) is 20.6 Å². The number of thiophene rings is 1. The zero-order valence-corrected chi connectivity index (χ0v) is 19.7. The molecule has 0 aliphatic rings. The maximum atomic E-state index is 13.4. The fourth-order valence-corrected chi connectivity index (χ4v) is 5.30. The smallest absolute Gasteiger partial charge is 0.263 e. The first-order valence-electron chi connectivity index (χ1n) is 10.1. The lowest BCUT2D eigenvalue weighted by Gasteiger charge is -2.14. The molecule has 0 bridgehead atoms. The number of hydrogen-bond donors (Lipinski definition) is 0. The quantitative estimate of drug-likeness (QED) is 0.319. The summed E-state index contributed by atoms with van der Waals surface area (Å²) in [5.74, 6) is 0.537. The minimum Gasteiger partial charge on any atom is -0.282 e. The van der Waals surface area contributed by atoms with Crippen molar-refractivity contribution >= 4 is 51.8 Å². The molecule has 162 valence electrons. The molecule has 0 saturated heterocycles. The fourth-order valence-electron chi connectivity index (χ4n) is 3.85. The topological polar surface area (TPSA) is 47.5 Å². The van der Waals surface area contributed by atoms with E-state index in [1.807, 2.05) is 78.2 Å². The van der Waals surface area contributed by atoms with Crippen molar-refractivity contribution in [3.63, 3.8) is 0 Å². The summed E-state index contributed by atoms with van der Waals surface area (Å²) in [6.45, 7) is 1.64. The summed E-state index contributed by atoms with van der Waals surface area (Å²) < 4.78 is 6.68. The molecule has 0 radical (unpaired) electrons. The molecule has 9 heteroatoms. The van der Waals surface area contributed by atoms with Crippen LogP contribution in [0.4, 0.5) is 0 Å². The molecule has 5 aromatic rings. The molecule has 0 N–H and O–H groups in total. The van der Waals surface area contributed by atoms with E-state index in [1.165, 1.54) is 4.88 Å². The van der Waals surface area contributed by atoms with E-state index in [0.717, 1.165) is 22.0 Å². The number of rotatable bonds is 6. The van der Waals surface area contributed by atoms with E-state index >= 15 is 0 Å². The molecule has 32 heavy (non-hydrogen) atoms. The molecule has 3 aromatic heterocycles. The van der Waals surface area contributed by atoms with Crippen LogP contribution in [-0.2, 0) is 19.8 Å². The van der Waals surface area contributed by atoms with Gasteiger partial charge in [0.25, 0.3) is 5.56 Å². The monoisotopic (exact) mass is 481 g/mol. The van der Waals surface area contributed by atoms with Crippen LogP contribution in [0.25, 0.3) is 16.7 Å². The summed E-state index contributed by atoms with van der Waals surface area (Å²) in [6.07, 6.45) is 0. The van der Waals surface area contributed by atoms with Crippen molar-refractivity contribution in [2.75, 3.05) is 7.05 Å². The van der Waals surface area contributed by atoms with Crippen molar-refractivity contribution in [3.05, 3.63) is 96.6 Å². The standard InChI is InChI=1S/C23H20ClN5OS2/c1-26(14-17-11-12-20(24)32-17)15-28-23(31)29-19-10-6-5-9-18(19)21(30)27(22(29)25-28)13-16-7-3-2-4-8-16/h2-12H,13-15H2,1H3. The fraction of sp³-hybridized carbons (Fsp3) is 0.174. The molecule has 0 fully saturated rings. The van der Waals surface area contributed by atoms with Gasteiger partial charge in [0.15, 0.2) is 0 Å². The van der Waals surface area contributed by atoms with Crippen LogP contribution >= 0.6 is 35.2 Å². The Hall–Kier alpha value is -2.78. The third kappa shape index (κ3) is 3.91. The molecular weight excluding hydrogens is 462 g/mol. The Balaban J connectivity index is 1.62. The number of nitrogens with zero attached hydrogens (tertiary/aromatic N) is 5. The minimum atomic E-state index is -0.0781. The second-order valence-electron chi connectivity index (χ2n) is 7.67. The number of fused-ring (bicyclic) bond motifs is 3. The van der Waals surface area contributed by atoms with Crippen LogP contribution in [-0.4, -0.2) is 30.7 Å². The van der Waals surface area contributed by atoms with Gasteiger partial charge in [-0.2, -0.15) is 0 Å². The summed E-state index contributed by atoms with van der Waals surface area (Å²) >= 11 is 13.4. The molecule has 0 saturated carbocycles. The van der Waals surface area contributed by atoms with Crippen LogP contribution in [0.3, 0.4) is 0 Å². The van der Waals surface area contributed by atoms with E-state index in [-0.39, 0.29) is 5.56 Å². The lowest BCUT2D eigenvalue weighted by Crippen LogP contribution is -2.24. The van der Waals surface area contributed by atoms with E-state index in [4.69, 9.17) is 28.9 Å². The van der Waals surface area contributed by atoms with Gasteiger partial charge < -0.3 is 0 Å². The van der Waals surface area contributed by atoms with Crippen LogP contribution in [0, 0.1) is 4.77 Å². The first-order chi connectivity index (χ1) is 15.5. The highest BCUT2D eigenvalue weighted by molar-refractivity contribution is 7.71. The average molecular weight is 482 g/mol. The summed E-state index contributed by atoms with van der Waals surface area (Å²) in [6, 6.07) is 21.4. The van der Waals surface area contributed by atoms with Gasteiger partial charge >= 0.3 is 0 Å². The summed E-state index contributed by atoms with van der Waals surface area (Å²) in [5, 5.41) is 5.40. The number of halogens is 1. The highest BCUT2D eigenvalue weighted by atomic mass is 35.5. The molecule has 3 heterocycles. The second-order valence-corrected chi connectivity index (χ2v) is 9.84. The second kappa shape index (κ2) is 8.63. The first kappa shape index (κ1) is 21.1. The Bertz CT molecular complexity index is 1530. The van der Waals surface area contributed by atoms with Gasteiger partial charge in [-0.05, 0) is 49.1 Å². The van der Waals surface area contributed by atoms with E-state index < -0.39 is 0 Å². The van der Waals surface area contributed by atoms with Crippen LogP contribution in [0.1, 0.15) is 10.4 Å². The summed E-state index contributed by atoms with van der Waals surface area (Å²) in [7, 11) is 2.01. The van der Waals surface area contributed by atoms with Gasteiger partial charge in [-0.25, -0.2) is 4.68 Å². The molecule has 0 atom stereocenters. The predicted octanol–water partition coefficient (Wildman–Crippen LogP) is 5.03. The number of hydrogen-bond acceptors (Lipinski definition) is 5. The van der Waals surface area contributed by atoms with E-state index in [0.29, 0.717) is 29.1 Å². The predicted molar refractivity (Wildman–Crippen MR) is 132 cm³/mol. The van der Waals surface area contributed by atoms with Gasteiger partial charge in [0.1, 0.15) is 0 Å². The van der Waals surface area contributed by atoms with Crippen LogP contribution < -0.4 is 5.56 Å². The molecule has 0 aliphatic carbocycles. The number of benzene rings is 2. The molecule has 0 unspecified atom stereocenters. The molecule has 0 aliphatic heterocycles. The average Bonchev–Trinajstić information content (AvgIpc) is 3.34. The summed E-state index contributed by atoms with van der Waals surface area (Å²) in [4.78, 5) is 16.7. The summed E-state index contributed by atoms with van der Waals surface area (Å²) in [5.41, 5.74) is 1.71. The Kier molecular flexibility index (Phi) is 5.69. The molecule has 0 amide bonds. The van der Waals surface area contributed by atoms with E-state index in [9.17, 15) is 4.79 Å². The van der Waals surface area contributed by atoms with Gasteiger partial charge in [0.05, 0.1) is 28.5 Å². The number of aromatic nitrogens is 4. The van der Waals surface area contributed by atoms with Gasteiger partial charge in [-0.15, -0.1) is 16.4 Å². The highest BCUT2D eigenvalue weighted by Crippen LogP contribution is 2.22. The lowest BCUT2D eigenvalue weighted by atomic mass is 10.2. The van der Waals surface area contributed by atoms with Gasteiger partial charge in [-0.3, -0.25) is 18.7 Å². The van der Waals surface area contributed by atoms with Crippen molar-refractivity contribution in [2.45, 2.75) is 19.8 Å². The third-order valence-corrected chi connectivity index (χ3v) is 6.91. The lowest BCUT2D eigenvalue weighted by molar-refractivity contribution is 0.246.